The number of carbonyl (C=O) groups is 2. The fourth-order valence-corrected chi connectivity index (χ4v) is 5.57. The molecule has 2 N–H and O–H groups in total. The highest BCUT2D eigenvalue weighted by atomic mass is 19.1. The van der Waals surface area contributed by atoms with E-state index in [9.17, 15) is 14.0 Å². The molecule has 1 aromatic heterocycles. The van der Waals surface area contributed by atoms with Gasteiger partial charge < -0.3 is 24.8 Å². The number of rotatable bonds is 3. The number of amides is 3. The van der Waals surface area contributed by atoms with Crippen LogP contribution in [0.4, 0.5) is 9.18 Å². The van der Waals surface area contributed by atoms with E-state index in [0.717, 1.165) is 57.4 Å². The standard InChI is InChI=1S/C25H34FN5O3/c1-17-5-6-21(26)20-16-22(28-23(17)20)24(32)27-18-3-2-4-19(15-18)29-7-9-30(10-8-29)25(33)31-11-13-34-14-12-31/h5-6,16,18-19,28H,2-4,7-15H2,1H3,(H,27,32)/t18-,19+/m1/s1. The summed E-state index contributed by atoms with van der Waals surface area (Å²) in [5, 5.41) is 3.63. The molecule has 0 radical (unpaired) electrons. The van der Waals surface area contributed by atoms with E-state index >= 15 is 0 Å². The molecule has 184 valence electrons. The summed E-state index contributed by atoms with van der Waals surface area (Å²) in [6.45, 7) is 7.69. The third-order valence-electron chi connectivity index (χ3n) is 7.56. The van der Waals surface area contributed by atoms with Crippen LogP contribution in [0.1, 0.15) is 41.7 Å². The summed E-state index contributed by atoms with van der Waals surface area (Å²) in [7, 11) is 0. The summed E-state index contributed by atoms with van der Waals surface area (Å²) in [6, 6.07) is 5.39. The lowest BCUT2D eigenvalue weighted by atomic mass is 9.89. The van der Waals surface area contributed by atoms with Crippen molar-refractivity contribution in [3.8, 4) is 0 Å². The Morgan fingerprint density at radius 2 is 1.79 bits per heavy atom. The number of morpholine rings is 1. The Balaban J connectivity index is 1.15. The Morgan fingerprint density at radius 1 is 1.06 bits per heavy atom. The first-order valence-electron chi connectivity index (χ1n) is 12.4. The Hall–Kier alpha value is -2.65. The molecule has 0 spiro atoms. The first kappa shape index (κ1) is 23.1. The van der Waals surface area contributed by atoms with Crippen LogP contribution in [0.15, 0.2) is 18.2 Å². The van der Waals surface area contributed by atoms with Gasteiger partial charge in [-0.05, 0) is 50.3 Å². The second-order valence-electron chi connectivity index (χ2n) is 9.73. The van der Waals surface area contributed by atoms with Crippen molar-refractivity contribution in [2.45, 2.75) is 44.7 Å². The Bertz CT molecular complexity index is 1000. The number of hydrogen-bond donors (Lipinski definition) is 2. The van der Waals surface area contributed by atoms with E-state index < -0.39 is 0 Å². The maximum atomic E-state index is 14.2. The van der Waals surface area contributed by atoms with Crippen molar-refractivity contribution in [3.63, 3.8) is 0 Å². The molecule has 1 aromatic carbocycles. The van der Waals surface area contributed by atoms with Gasteiger partial charge in [-0.2, -0.15) is 0 Å². The summed E-state index contributed by atoms with van der Waals surface area (Å²) in [5.74, 6) is -0.499. The zero-order valence-corrected chi connectivity index (χ0v) is 19.8. The molecule has 3 aliphatic rings. The van der Waals surface area contributed by atoms with Crippen molar-refractivity contribution in [1.82, 2.24) is 25.0 Å². The number of hydrogen-bond acceptors (Lipinski definition) is 4. The number of halogens is 1. The van der Waals surface area contributed by atoms with E-state index in [1.54, 1.807) is 12.1 Å². The molecule has 2 atom stereocenters. The van der Waals surface area contributed by atoms with Crippen molar-refractivity contribution in [1.29, 1.82) is 0 Å². The lowest BCUT2D eigenvalue weighted by Crippen LogP contribution is -2.57. The molecule has 8 nitrogen and oxygen atoms in total. The Morgan fingerprint density at radius 3 is 2.53 bits per heavy atom. The molecule has 0 unspecified atom stereocenters. The van der Waals surface area contributed by atoms with Crippen LogP contribution >= 0.6 is 0 Å². The van der Waals surface area contributed by atoms with Crippen molar-refractivity contribution in [2.24, 2.45) is 0 Å². The summed E-state index contributed by atoms with van der Waals surface area (Å²) in [5.41, 5.74) is 2.00. The fourth-order valence-electron chi connectivity index (χ4n) is 5.57. The van der Waals surface area contributed by atoms with Crippen LogP contribution in [-0.4, -0.2) is 96.2 Å². The van der Waals surface area contributed by atoms with E-state index in [1.165, 1.54) is 6.07 Å². The van der Waals surface area contributed by atoms with Gasteiger partial charge in [0.2, 0.25) is 0 Å². The first-order chi connectivity index (χ1) is 16.5. The van der Waals surface area contributed by atoms with Gasteiger partial charge >= 0.3 is 6.03 Å². The van der Waals surface area contributed by atoms with Gasteiger partial charge in [0, 0.05) is 56.7 Å². The van der Waals surface area contributed by atoms with Gasteiger partial charge in [0.1, 0.15) is 11.5 Å². The fraction of sp³-hybridized carbons (Fsp3) is 0.600. The second kappa shape index (κ2) is 9.92. The number of aryl methyl sites for hydroxylation is 1. The number of ether oxygens (including phenoxy) is 1. The monoisotopic (exact) mass is 471 g/mol. The summed E-state index contributed by atoms with van der Waals surface area (Å²) in [6.07, 6.45) is 4.02. The molecule has 1 saturated carbocycles. The van der Waals surface area contributed by atoms with E-state index in [1.807, 2.05) is 16.7 Å². The number of benzene rings is 1. The SMILES string of the molecule is Cc1ccc(F)c2cc(C(=O)N[C@@H]3CCC[C@H](N4CCN(C(=O)N5CCOCC5)CC4)C3)[nH]c12. The number of piperazine rings is 1. The lowest BCUT2D eigenvalue weighted by molar-refractivity contribution is 0.0317. The zero-order chi connectivity index (χ0) is 23.7. The molecule has 3 amide bonds. The van der Waals surface area contributed by atoms with Crippen molar-refractivity contribution in [3.05, 3.63) is 35.3 Å². The van der Waals surface area contributed by atoms with Gasteiger partial charge in [-0.1, -0.05) is 6.07 Å². The van der Waals surface area contributed by atoms with Crippen molar-refractivity contribution < 1.29 is 18.7 Å². The van der Waals surface area contributed by atoms with Gasteiger partial charge in [-0.15, -0.1) is 0 Å². The highest BCUT2D eigenvalue weighted by molar-refractivity contribution is 5.99. The second-order valence-corrected chi connectivity index (χ2v) is 9.73. The van der Waals surface area contributed by atoms with Crippen LogP contribution in [0.5, 0.6) is 0 Å². The third-order valence-corrected chi connectivity index (χ3v) is 7.56. The number of nitrogens with zero attached hydrogens (tertiary/aromatic N) is 3. The summed E-state index contributed by atoms with van der Waals surface area (Å²) in [4.78, 5) is 35.1. The van der Waals surface area contributed by atoms with Crippen LogP contribution in [0, 0.1) is 12.7 Å². The number of aromatic amines is 1. The predicted molar refractivity (Wildman–Crippen MR) is 127 cm³/mol. The molecule has 0 bridgehead atoms. The molecule has 34 heavy (non-hydrogen) atoms. The predicted octanol–water partition coefficient (Wildman–Crippen LogP) is 2.73. The Labute approximate surface area is 199 Å². The quantitative estimate of drug-likeness (QED) is 0.722. The molecule has 3 fully saturated rings. The van der Waals surface area contributed by atoms with Crippen molar-refractivity contribution in [2.75, 3.05) is 52.5 Å². The van der Waals surface area contributed by atoms with Crippen LogP contribution in [0.25, 0.3) is 10.9 Å². The van der Waals surface area contributed by atoms with Crippen LogP contribution in [-0.2, 0) is 4.74 Å². The summed E-state index contributed by atoms with van der Waals surface area (Å²) >= 11 is 0. The van der Waals surface area contributed by atoms with Gasteiger partial charge in [0.25, 0.3) is 5.91 Å². The molecule has 9 heteroatoms. The Kier molecular flexibility index (Phi) is 6.74. The van der Waals surface area contributed by atoms with Gasteiger partial charge in [0.15, 0.2) is 0 Å². The van der Waals surface area contributed by atoms with Crippen molar-refractivity contribution >= 4 is 22.8 Å². The molecule has 2 saturated heterocycles. The molecular formula is C25H34FN5O3. The number of H-pyrrole nitrogens is 1. The minimum atomic E-state index is -0.320. The van der Waals surface area contributed by atoms with Crippen LogP contribution in [0.3, 0.4) is 0 Å². The molecule has 2 aromatic rings. The average molecular weight is 472 g/mol. The topological polar surface area (TPSA) is 80.9 Å². The number of carbonyl (C=O) groups excluding carboxylic acids is 2. The summed E-state index contributed by atoms with van der Waals surface area (Å²) < 4.78 is 19.5. The number of fused-ring (bicyclic) bond motifs is 1. The van der Waals surface area contributed by atoms with E-state index in [-0.39, 0.29) is 23.8 Å². The molecular weight excluding hydrogens is 437 g/mol. The maximum Gasteiger partial charge on any atom is 0.320 e. The normalized spacial score (nSPS) is 24.4. The van der Waals surface area contributed by atoms with Crippen LogP contribution in [0.2, 0.25) is 0 Å². The minimum Gasteiger partial charge on any atom is -0.378 e. The highest BCUT2D eigenvalue weighted by Crippen LogP contribution is 2.26. The average Bonchev–Trinajstić information content (AvgIpc) is 3.34. The minimum absolute atomic E-state index is 0.0941. The first-order valence-corrected chi connectivity index (χ1v) is 12.4. The van der Waals surface area contributed by atoms with Gasteiger partial charge in [-0.3, -0.25) is 9.69 Å². The van der Waals surface area contributed by atoms with Gasteiger partial charge in [-0.25, -0.2) is 9.18 Å². The van der Waals surface area contributed by atoms with Gasteiger partial charge in [0.05, 0.1) is 18.7 Å². The number of nitrogens with one attached hydrogen (secondary N) is 2. The molecule has 1 aliphatic carbocycles. The zero-order valence-electron chi connectivity index (χ0n) is 19.8. The van der Waals surface area contributed by atoms with Crippen LogP contribution < -0.4 is 5.32 Å². The maximum absolute atomic E-state index is 14.2. The van der Waals surface area contributed by atoms with E-state index in [4.69, 9.17) is 4.74 Å². The molecule has 5 rings (SSSR count). The lowest BCUT2D eigenvalue weighted by Gasteiger charge is -2.43. The smallest absolute Gasteiger partial charge is 0.320 e. The highest BCUT2D eigenvalue weighted by Gasteiger charge is 2.32. The third kappa shape index (κ3) is 4.77. The van der Waals surface area contributed by atoms with E-state index in [2.05, 4.69) is 15.2 Å². The number of aromatic nitrogens is 1. The molecule has 2 aliphatic heterocycles. The number of urea groups is 1. The van der Waals surface area contributed by atoms with E-state index in [0.29, 0.717) is 48.9 Å². The molecule has 3 heterocycles. The largest absolute Gasteiger partial charge is 0.378 e.